The average molecular weight is 257 g/mol. The normalized spacial score (nSPS) is 20.9. The Morgan fingerprint density at radius 3 is 3.00 bits per heavy atom. The molecule has 2 N–H and O–H groups in total. The van der Waals surface area contributed by atoms with Crippen molar-refractivity contribution in [2.45, 2.75) is 19.3 Å². The van der Waals surface area contributed by atoms with Gasteiger partial charge in [-0.25, -0.2) is 0 Å². The van der Waals surface area contributed by atoms with Crippen LogP contribution in [0.1, 0.15) is 19.3 Å². The second kappa shape index (κ2) is 9.30. The standard InChI is InChI=1S/C13H27N3O2/c1-16-8-3-4-12(11-16)10-14-6-5-13(17)15-7-9-18-2/h12,14H,3-11H2,1-2H3,(H,15,17). The van der Waals surface area contributed by atoms with Crippen molar-refractivity contribution in [3.05, 3.63) is 0 Å². The molecule has 0 aliphatic carbocycles. The van der Waals surface area contributed by atoms with E-state index in [1.807, 2.05) is 0 Å². The molecular formula is C13H27N3O2. The molecule has 5 heteroatoms. The Morgan fingerprint density at radius 2 is 2.28 bits per heavy atom. The number of piperidine rings is 1. The lowest BCUT2D eigenvalue weighted by Crippen LogP contribution is -2.38. The van der Waals surface area contributed by atoms with Gasteiger partial charge in [0.05, 0.1) is 6.61 Å². The van der Waals surface area contributed by atoms with Gasteiger partial charge in [0, 0.05) is 33.2 Å². The van der Waals surface area contributed by atoms with Crippen LogP contribution in [0, 0.1) is 5.92 Å². The number of carbonyl (C=O) groups is 1. The van der Waals surface area contributed by atoms with Crippen molar-refractivity contribution in [1.29, 1.82) is 0 Å². The predicted octanol–water partition coefficient (Wildman–Crippen LogP) is 0.0705. The molecule has 0 radical (unpaired) electrons. The highest BCUT2D eigenvalue weighted by molar-refractivity contribution is 5.75. The van der Waals surface area contributed by atoms with Crippen LogP contribution >= 0.6 is 0 Å². The summed E-state index contributed by atoms with van der Waals surface area (Å²) in [6.07, 6.45) is 3.14. The molecule has 1 unspecified atom stereocenters. The second-order valence-electron chi connectivity index (χ2n) is 5.07. The van der Waals surface area contributed by atoms with Crippen molar-refractivity contribution >= 4 is 5.91 Å². The first kappa shape index (κ1) is 15.4. The van der Waals surface area contributed by atoms with Crippen molar-refractivity contribution in [1.82, 2.24) is 15.5 Å². The van der Waals surface area contributed by atoms with Crippen molar-refractivity contribution < 1.29 is 9.53 Å². The quantitative estimate of drug-likeness (QED) is 0.604. The predicted molar refractivity (Wildman–Crippen MR) is 72.6 cm³/mol. The zero-order valence-corrected chi connectivity index (χ0v) is 11.7. The summed E-state index contributed by atoms with van der Waals surface area (Å²) in [5.41, 5.74) is 0. The first-order chi connectivity index (χ1) is 8.72. The van der Waals surface area contributed by atoms with Gasteiger partial charge < -0.3 is 20.3 Å². The van der Waals surface area contributed by atoms with Gasteiger partial charge >= 0.3 is 0 Å². The number of hydrogen-bond acceptors (Lipinski definition) is 4. The number of rotatable bonds is 8. The van der Waals surface area contributed by atoms with Gasteiger partial charge in [-0.2, -0.15) is 0 Å². The number of nitrogens with zero attached hydrogens (tertiary/aromatic N) is 1. The number of carbonyl (C=O) groups excluding carboxylic acids is 1. The zero-order chi connectivity index (χ0) is 13.2. The monoisotopic (exact) mass is 257 g/mol. The number of nitrogens with one attached hydrogen (secondary N) is 2. The lowest BCUT2D eigenvalue weighted by molar-refractivity contribution is -0.121. The summed E-state index contributed by atoms with van der Waals surface area (Å²) in [7, 11) is 3.81. The highest BCUT2D eigenvalue weighted by Gasteiger charge is 2.16. The van der Waals surface area contributed by atoms with Crippen LogP contribution in [0.4, 0.5) is 0 Å². The Hall–Kier alpha value is -0.650. The molecule has 0 aromatic rings. The molecule has 0 aromatic carbocycles. The minimum absolute atomic E-state index is 0.0975. The molecule has 5 nitrogen and oxygen atoms in total. The SMILES string of the molecule is COCCNC(=O)CCNCC1CCCN(C)C1. The molecule has 106 valence electrons. The van der Waals surface area contributed by atoms with Crippen molar-refractivity contribution in [3.63, 3.8) is 0 Å². The molecule has 1 fully saturated rings. The van der Waals surface area contributed by atoms with Gasteiger partial charge in [0.15, 0.2) is 0 Å². The number of amides is 1. The Balaban J connectivity index is 1.95. The molecule has 1 aliphatic heterocycles. The molecule has 0 saturated carbocycles. The zero-order valence-electron chi connectivity index (χ0n) is 11.7. The first-order valence-corrected chi connectivity index (χ1v) is 6.87. The Bertz CT molecular complexity index is 236. The molecule has 18 heavy (non-hydrogen) atoms. The fraction of sp³-hybridized carbons (Fsp3) is 0.923. The summed E-state index contributed by atoms with van der Waals surface area (Å²) >= 11 is 0. The van der Waals surface area contributed by atoms with Gasteiger partial charge in [0.1, 0.15) is 0 Å². The number of methoxy groups -OCH3 is 1. The van der Waals surface area contributed by atoms with Gasteiger partial charge in [-0.3, -0.25) is 4.79 Å². The number of likely N-dealkylation sites (tertiary alicyclic amines) is 1. The van der Waals surface area contributed by atoms with Crippen LogP contribution in [0.2, 0.25) is 0 Å². The number of hydrogen-bond donors (Lipinski definition) is 2. The molecule has 1 heterocycles. The molecule has 1 amide bonds. The van der Waals surface area contributed by atoms with Crippen LogP contribution < -0.4 is 10.6 Å². The third-order valence-electron chi connectivity index (χ3n) is 3.31. The Kier molecular flexibility index (Phi) is 7.96. The minimum Gasteiger partial charge on any atom is -0.383 e. The van der Waals surface area contributed by atoms with Crippen LogP contribution in [0.5, 0.6) is 0 Å². The van der Waals surface area contributed by atoms with Crippen molar-refractivity contribution in [2.75, 3.05) is 53.5 Å². The van der Waals surface area contributed by atoms with E-state index in [2.05, 4.69) is 22.6 Å². The molecule has 1 aliphatic rings. The maximum absolute atomic E-state index is 11.4. The fourth-order valence-electron chi connectivity index (χ4n) is 2.33. The molecule has 0 spiro atoms. The van der Waals surface area contributed by atoms with E-state index in [9.17, 15) is 4.79 Å². The van der Waals surface area contributed by atoms with E-state index in [0.717, 1.165) is 19.0 Å². The second-order valence-corrected chi connectivity index (χ2v) is 5.07. The number of ether oxygens (including phenoxy) is 1. The third-order valence-corrected chi connectivity index (χ3v) is 3.31. The molecule has 1 rings (SSSR count). The van der Waals surface area contributed by atoms with E-state index in [1.54, 1.807) is 7.11 Å². The summed E-state index contributed by atoms with van der Waals surface area (Å²) in [4.78, 5) is 13.8. The van der Waals surface area contributed by atoms with Crippen LogP contribution in [0.3, 0.4) is 0 Å². The summed E-state index contributed by atoms with van der Waals surface area (Å²) in [6.45, 7) is 5.36. The smallest absolute Gasteiger partial charge is 0.221 e. The van der Waals surface area contributed by atoms with Gasteiger partial charge in [-0.15, -0.1) is 0 Å². The molecule has 1 saturated heterocycles. The maximum Gasteiger partial charge on any atom is 0.221 e. The van der Waals surface area contributed by atoms with Crippen LogP contribution in [0.25, 0.3) is 0 Å². The van der Waals surface area contributed by atoms with E-state index >= 15 is 0 Å². The van der Waals surface area contributed by atoms with Crippen LogP contribution in [-0.4, -0.2) is 64.3 Å². The van der Waals surface area contributed by atoms with E-state index in [4.69, 9.17) is 4.74 Å². The van der Waals surface area contributed by atoms with Gasteiger partial charge in [0.2, 0.25) is 5.91 Å². The third kappa shape index (κ3) is 6.93. The molecule has 0 bridgehead atoms. The van der Waals surface area contributed by atoms with Crippen LogP contribution in [-0.2, 0) is 9.53 Å². The van der Waals surface area contributed by atoms with E-state index in [0.29, 0.717) is 19.6 Å². The Morgan fingerprint density at radius 1 is 1.44 bits per heavy atom. The maximum atomic E-state index is 11.4. The highest BCUT2D eigenvalue weighted by atomic mass is 16.5. The van der Waals surface area contributed by atoms with Gasteiger partial charge in [-0.05, 0) is 38.9 Å². The first-order valence-electron chi connectivity index (χ1n) is 6.87. The lowest BCUT2D eigenvalue weighted by atomic mass is 9.98. The van der Waals surface area contributed by atoms with E-state index in [-0.39, 0.29) is 5.91 Å². The van der Waals surface area contributed by atoms with Crippen molar-refractivity contribution in [2.24, 2.45) is 5.92 Å². The fourth-order valence-corrected chi connectivity index (χ4v) is 2.33. The largest absolute Gasteiger partial charge is 0.383 e. The summed E-state index contributed by atoms with van der Waals surface area (Å²) in [6, 6.07) is 0. The Labute approximate surface area is 110 Å². The molecule has 0 aromatic heterocycles. The van der Waals surface area contributed by atoms with Crippen molar-refractivity contribution in [3.8, 4) is 0 Å². The summed E-state index contributed by atoms with van der Waals surface area (Å²) < 4.78 is 4.87. The molecular weight excluding hydrogens is 230 g/mol. The average Bonchev–Trinajstić information content (AvgIpc) is 2.35. The summed E-state index contributed by atoms with van der Waals surface area (Å²) in [5.74, 6) is 0.834. The van der Waals surface area contributed by atoms with E-state index in [1.165, 1.54) is 25.9 Å². The lowest BCUT2D eigenvalue weighted by Gasteiger charge is -2.29. The minimum atomic E-state index is 0.0975. The van der Waals surface area contributed by atoms with Gasteiger partial charge in [-0.1, -0.05) is 0 Å². The van der Waals surface area contributed by atoms with E-state index < -0.39 is 0 Å². The molecule has 1 atom stereocenters. The van der Waals surface area contributed by atoms with Crippen LogP contribution in [0.15, 0.2) is 0 Å². The topological polar surface area (TPSA) is 53.6 Å². The van der Waals surface area contributed by atoms with Gasteiger partial charge in [0.25, 0.3) is 0 Å². The summed E-state index contributed by atoms with van der Waals surface area (Å²) in [5, 5.41) is 6.20. The highest BCUT2D eigenvalue weighted by Crippen LogP contribution is 2.13.